The van der Waals surface area contributed by atoms with E-state index in [-0.39, 0.29) is 35.8 Å². The Labute approximate surface area is 196 Å². The number of benzene rings is 1. The van der Waals surface area contributed by atoms with Crippen molar-refractivity contribution in [3.63, 3.8) is 0 Å². The second-order valence-electron chi connectivity index (χ2n) is 8.78. The number of piperidine rings is 1. The smallest absolute Gasteiger partial charge is 0.260 e. The van der Waals surface area contributed by atoms with Gasteiger partial charge in [-0.25, -0.2) is 9.37 Å². The van der Waals surface area contributed by atoms with E-state index in [0.717, 1.165) is 38.5 Å². The van der Waals surface area contributed by atoms with Crippen molar-refractivity contribution in [2.24, 2.45) is 5.92 Å². The maximum Gasteiger partial charge on any atom is 0.260 e. The van der Waals surface area contributed by atoms with Crippen molar-refractivity contribution >= 4 is 34.2 Å². The van der Waals surface area contributed by atoms with Gasteiger partial charge in [0.05, 0.1) is 23.6 Å². The van der Waals surface area contributed by atoms with Crippen LogP contribution in [0.1, 0.15) is 61.0 Å². The molecular weight excluding hydrogens is 443 g/mol. The van der Waals surface area contributed by atoms with Crippen LogP contribution < -0.4 is 10.6 Å². The van der Waals surface area contributed by atoms with Crippen molar-refractivity contribution in [3.8, 4) is 0 Å². The molecule has 33 heavy (non-hydrogen) atoms. The van der Waals surface area contributed by atoms with Crippen LogP contribution in [0.15, 0.2) is 29.6 Å². The van der Waals surface area contributed by atoms with E-state index in [1.54, 1.807) is 16.3 Å². The number of nitrogens with zero attached hydrogens (tertiary/aromatic N) is 2. The van der Waals surface area contributed by atoms with Crippen LogP contribution in [0.25, 0.3) is 0 Å². The molecule has 1 aliphatic heterocycles. The second-order valence-corrected chi connectivity index (χ2v) is 9.64. The summed E-state index contributed by atoms with van der Waals surface area (Å²) in [5, 5.41) is 7.79. The number of aromatic nitrogens is 1. The summed E-state index contributed by atoms with van der Waals surface area (Å²) >= 11 is 1.19. The van der Waals surface area contributed by atoms with Gasteiger partial charge >= 0.3 is 0 Å². The molecule has 9 heteroatoms. The lowest BCUT2D eigenvalue weighted by Gasteiger charge is -2.33. The Morgan fingerprint density at radius 3 is 2.67 bits per heavy atom. The summed E-state index contributed by atoms with van der Waals surface area (Å²) in [4.78, 5) is 43.9. The first-order chi connectivity index (χ1) is 16.0. The highest BCUT2D eigenvalue weighted by Gasteiger charge is 2.30. The molecule has 0 radical (unpaired) electrons. The topological polar surface area (TPSA) is 91.4 Å². The van der Waals surface area contributed by atoms with Gasteiger partial charge in [-0.3, -0.25) is 19.7 Å². The van der Waals surface area contributed by atoms with Gasteiger partial charge in [-0.15, -0.1) is 11.3 Å². The minimum Gasteiger partial charge on any atom is -0.353 e. The van der Waals surface area contributed by atoms with Crippen LogP contribution in [0.4, 0.5) is 9.52 Å². The van der Waals surface area contributed by atoms with Gasteiger partial charge in [0.1, 0.15) is 5.82 Å². The predicted molar refractivity (Wildman–Crippen MR) is 124 cm³/mol. The third-order valence-corrected chi connectivity index (χ3v) is 7.13. The van der Waals surface area contributed by atoms with Crippen LogP contribution in [0.3, 0.4) is 0 Å². The van der Waals surface area contributed by atoms with Crippen LogP contribution in [0.2, 0.25) is 0 Å². The van der Waals surface area contributed by atoms with Crippen molar-refractivity contribution in [1.82, 2.24) is 15.2 Å². The monoisotopic (exact) mass is 472 g/mol. The van der Waals surface area contributed by atoms with Gasteiger partial charge in [-0.05, 0) is 37.8 Å². The lowest BCUT2D eigenvalue weighted by Crippen LogP contribution is -2.48. The number of likely N-dealkylation sites (tertiary alicyclic amines) is 1. The molecule has 2 aliphatic rings. The van der Waals surface area contributed by atoms with E-state index >= 15 is 0 Å². The summed E-state index contributed by atoms with van der Waals surface area (Å²) in [6, 6.07) is 6.00. The Kier molecular flexibility index (Phi) is 7.69. The van der Waals surface area contributed by atoms with Crippen LogP contribution >= 0.6 is 11.3 Å². The molecule has 2 heterocycles. The third-order valence-electron chi connectivity index (χ3n) is 6.32. The number of carbonyl (C=O) groups is 3. The molecule has 1 aromatic heterocycles. The first-order valence-corrected chi connectivity index (χ1v) is 12.5. The zero-order valence-electron chi connectivity index (χ0n) is 18.5. The summed E-state index contributed by atoms with van der Waals surface area (Å²) in [7, 11) is 0. The van der Waals surface area contributed by atoms with E-state index < -0.39 is 11.7 Å². The van der Waals surface area contributed by atoms with Crippen molar-refractivity contribution < 1.29 is 18.8 Å². The molecule has 4 rings (SSSR count). The molecule has 1 aliphatic carbocycles. The average Bonchev–Trinajstić information content (AvgIpc) is 3.26. The van der Waals surface area contributed by atoms with Gasteiger partial charge in [0.25, 0.3) is 5.91 Å². The Morgan fingerprint density at radius 1 is 1.09 bits per heavy atom. The predicted octanol–water partition coefficient (Wildman–Crippen LogP) is 3.76. The Balaban J connectivity index is 1.29. The summed E-state index contributed by atoms with van der Waals surface area (Å²) < 4.78 is 13.8. The summed E-state index contributed by atoms with van der Waals surface area (Å²) in [5.74, 6) is -1.37. The van der Waals surface area contributed by atoms with Crippen LogP contribution in [0.5, 0.6) is 0 Å². The first-order valence-electron chi connectivity index (χ1n) is 11.6. The SMILES string of the molecule is O=C(Nc1nc(CC(=O)N2CCCC(C(=O)NC3CCCCC3)C2)cs1)c1ccccc1F. The van der Waals surface area contributed by atoms with Crippen molar-refractivity contribution in [1.29, 1.82) is 0 Å². The lowest BCUT2D eigenvalue weighted by molar-refractivity contribution is -0.135. The van der Waals surface area contributed by atoms with E-state index in [9.17, 15) is 18.8 Å². The normalized spacial score (nSPS) is 19.2. The molecule has 1 aromatic carbocycles. The van der Waals surface area contributed by atoms with E-state index in [0.29, 0.717) is 23.9 Å². The number of thiazole rings is 1. The van der Waals surface area contributed by atoms with Crippen LogP contribution in [-0.2, 0) is 16.0 Å². The highest BCUT2D eigenvalue weighted by atomic mass is 32.1. The van der Waals surface area contributed by atoms with E-state index in [2.05, 4.69) is 15.6 Å². The number of hydrogen-bond donors (Lipinski definition) is 2. The average molecular weight is 473 g/mol. The molecule has 2 N–H and O–H groups in total. The number of halogens is 1. The molecule has 2 aromatic rings. The largest absolute Gasteiger partial charge is 0.353 e. The fraction of sp³-hybridized carbons (Fsp3) is 0.500. The maximum atomic E-state index is 13.8. The molecule has 1 saturated heterocycles. The lowest BCUT2D eigenvalue weighted by atomic mass is 9.93. The van der Waals surface area contributed by atoms with Crippen LogP contribution in [0, 0.1) is 11.7 Å². The summed E-state index contributed by atoms with van der Waals surface area (Å²) in [5.41, 5.74) is 0.485. The molecule has 3 amide bonds. The van der Waals surface area contributed by atoms with E-state index in [1.807, 2.05) is 0 Å². The minimum atomic E-state index is -0.603. The quantitative estimate of drug-likeness (QED) is 0.670. The van der Waals surface area contributed by atoms with Gasteiger partial charge in [-0.1, -0.05) is 31.4 Å². The van der Waals surface area contributed by atoms with Gasteiger partial charge in [0, 0.05) is 24.5 Å². The highest BCUT2D eigenvalue weighted by Crippen LogP contribution is 2.22. The summed E-state index contributed by atoms with van der Waals surface area (Å²) in [6.07, 6.45) is 7.35. The van der Waals surface area contributed by atoms with Crippen molar-refractivity contribution in [2.45, 2.75) is 57.4 Å². The fourth-order valence-electron chi connectivity index (χ4n) is 4.51. The Hall–Kier alpha value is -2.81. The molecule has 1 atom stereocenters. The highest BCUT2D eigenvalue weighted by molar-refractivity contribution is 7.14. The maximum absolute atomic E-state index is 13.8. The molecular formula is C24H29FN4O3S. The Bertz CT molecular complexity index is 1010. The first kappa shape index (κ1) is 23.4. The van der Waals surface area contributed by atoms with Gasteiger partial charge in [0.15, 0.2) is 5.13 Å². The molecule has 0 bridgehead atoms. The standard InChI is InChI=1S/C24H29FN4O3S/c25-20-11-5-4-10-19(20)23(32)28-24-27-18(15-33-24)13-21(30)29-12-6-7-16(14-29)22(31)26-17-8-2-1-3-9-17/h4-5,10-11,15-17H,1-3,6-9,12-14H2,(H,26,31)(H,27,28,32). The number of amides is 3. The molecule has 0 spiro atoms. The number of hydrogen-bond acceptors (Lipinski definition) is 5. The number of anilines is 1. The fourth-order valence-corrected chi connectivity index (χ4v) is 5.21. The molecule has 1 saturated carbocycles. The zero-order valence-corrected chi connectivity index (χ0v) is 19.3. The number of nitrogens with one attached hydrogen (secondary N) is 2. The van der Waals surface area contributed by atoms with Gasteiger partial charge < -0.3 is 10.2 Å². The van der Waals surface area contributed by atoms with E-state index in [4.69, 9.17) is 0 Å². The third kappa shape index (κ3) is 6.16. The Morgan fingerprint density at radius 2 is 1.88 bits per heavy atom. The summed E-state index contributed by atoms with van der Waals surface area (Å²) in [6.45, 7) is 1.06. The second kappa shape index (κ2) is 10.9. The number of carbonyl (C=O) groups excluding carboxylic acids is 3. The van der Waals surface area contributed by atoms with Gasteiger partial charge in [0.2, 0.25) is 11.8 Å². The van der Waals surface area contributed by atoms with Crippen molar-refractivity contribution in [2.75, 3.05) is 18.4 Å². The molecule has 2 fully saturated rings. The van der Waals surface area contributed by atoms with E-state index in [1.165, 1.54) is 36.0 Å². The molecule has 1 unspecified atom stereocenters. The zero-order chi connectivity index (χ0) is 23.2. The van der Waals surface area contributed by atoms with Crippen molar-refractivity contribution in [3.05, 3.63) is 46.7 Å². The minimum absolute atomic E-state index is 0.0591. The molecule has 7 nitrogen and oxygen atoms in total. The van der Waals surface area contributed by atoms with Gasteiger partial charge in [-0.2, -0.15) is 0 Å². The van der Waals surface area contributed by atoms with Crippen LogP contribution in [-0.4, -0.2) is 46.7 Å². The molecule has 176 valence electrons. The number of rotatable bonds is 6.